The van der Waals surface area contributed by atoms with Crippen LogP contribution in [0, 0.1) is 20.2 Å². The summed E-state index contributed by atoms with van der Waals surface area (Å²) in [5.74, 6) is -1.01. The average Bonchev–Trinajstić information content (AvgIpc) is 2.60. The largest absolute Gasteiger partial charge is 0.322 e. The number of nitro groups is 2. The van der Waals surface area contributed by atoms with Crippen molar-refractivity contribution in [1.29, 1.82) is 0 Å². The van der Waals surface area contributed by atoms with E-state index in [-0.39, 0.29) is 11.5 Å². The second-order valence-electron chi connectivity index (χ2n) is 5.30. The molecule has 0 unspecified atom stereocenters. The van der Waals surface area contributed by atoms with Gasteiger partial charge in [-0.2, -0.15) is 0 Å². The molecule has 1 N–H and O–H groups in total. The third-order valence-electron chi connectivity index (χ3n) is 3.60. The topological polar surface area (TPSA) is 136 Å². The summed E-state index contributed by atoms with van der Waals surface area (Å²) in [4.78, 5) is 45.4. The summed E-state index contributed by atoms with van der Waals surface area (Å²) in [6, 6.07) is 9.11. The van der Waals surface area contributed by atoms with Crippen LogP contribution in [0.1, 0.15) is 17.3 Å². The van der Waals surface area contributed by atoms with Crippen molar-refractivity contribution in [2.75, 3.05) is 17.3 Å². The summed E-state index contributed by atoms with van der Waals surface area (Å²) in [6.45, 7) is 1.38. The Hall–Kier alpha value is -3.82. The van der Waals surface area contributed by atoms with E-state index in [1.54, 1.807) is 25.2 Å². The third-order valence-corrected chi connectivity index (χ3v) is 3.60. The van der Waals surface area contributed by atoms with Crippen LogP contribution in [-0.2, 0) is 4.79 Å². The third kappa shape index (κ3) is 3.98. The SMILES string of the molecule is CC(=O)N(C)c1cccc(NC(=O)c2ccc([N+](=O)[O-])cc2[N+](=O)[O-])c1. The van der Waals surface area contributed by atoms with E-state index in [0.717, 1.165) is 18.2 Å². The minimum Gasteiger partial charge on any atom is -0.322 e. The van der Waals surface area contributed by atoms with Crippen LogP contribution in [0.4, 0.5) is 22.7 Å². The van der Waals surface area contributed by atoms with Crippen molar-refractivity contribution in [1.82, 2.24) is 0 Å². The molecule has 0 fully saturated rings. The van der Waals surface area contributed by atoms with Gasteiger partial charge in [0.1, 0.15) is 5.56 Å². The molecule has 10 heteroatoms. The van der Waals surface area contributed by atoms with Crippen molar-refractivity contribution in [3.8, 4) is 0 Å². The van der Waals surface area contributed by atoms with Crippen molar-refractivity contribution < 1.29 is 19.4 Å². The van der Waals surface area contributed by atoms with Gasteiger partial charge < -0.3 is 10.2 Å². The van der Waals surface area contributed by atoms with Gasteiger partial charge in [-0.25, -0.2) is 0 Å². The van der Waals surface area contributed by atoms with Gasteiger partial charge >= 0.3 is 0 Å². The highest BCUT2D eigenvalue weighted by Crippen LogP contribution is 2.26. The maximum atomic E-state index is 12.4. The number of hydrogen-bond donors (Lipinski definition) is 1. The number of nitrogens with zero attached hydrogens (tertiary/aromatic N) is 3. The highest BCUT2D eigenvalue weighted by atomic mass is 16.6. The number of benzene rings is 2. The number of rotatable bonds is 5. The summed E-state index contributed by atoms with van der Waals surface area (Å²) in [7, 11) is 1.56. The minimum atomic E-state index is -0.859. The number of hydrogen-bond acceptors (Lipinski definition) is 6. The van der Waals surface area contributed by atoms with Crippen LogP contribution < -0.4 is 10.2 Å². The molecule has 0 saturated heterocycles. The number of non-ortho nitro benzene ring substituents is 1. The number of amides is 2. The Bertz CT molecular complexity index is 911. The second kappa shape index (κ2) is 7.38. The highest BCUT2D eigenvalue weighted by molar-refractivity contribution is 6.07. The van der Waals surface area contributed by atoms with Crippen molar-refractivity contribution in [3.05, 3.63) is 68.3 Å². The first kappa shape index (κ1) is 18.5. The Labute approximate surface area is 147 Å². The van der Waals surface area contributed by atoms with Crippen LogP contribution in [0.5, 0.6) is 0 Å². The molecule has 0 saturated carbocycles. The number of nitrogens with one attached hydrogen (secondary N) is 1. The van der Waals surface area contributed by atoms with E-state index in [9.17, 15) is 29.8 Å². The number of anilines is 2. The number of nitro benzene ring substituents is 2. The lowest BCUT2D eigenvalue weighted by Gasteiger charge is -2.16. The Kier molecular flexibility index (Phi) is 5.26. The fourth-order valence-electron chi connectivity index (χ4n) is 2.15. The molecule has 10 nitrogen and oxygen atoms in total. The van der Waals surface area contributed by atoms with Gasteiger partial charge in [-0.1, -0.05) is 6.07 Å². The molecule has 0 spiro atoms. The number of carbonyl (C=O) groups is 2. The van der Waals surface area contributed by atoms with E-state index in [1.807, 2.05) is 0 Å². The van der Waals surface area contributed by atoms with Crippen molar-refractivity contribution in [2.45, 2.75) is 6.92 Å². The lowest BCUT2D eigenvalue weighted by Crippen LogP contribution is -2.23. The quantitative estimate of drug-likeness (QED) is 0.644. The molecule has 2 aromatic carbocycles. The predicted octanol–water partition coefficient (Wildman–Crippen LogP) is 2.74. The van der Waals surface area contributed by atoms with E-state index in [1.165, 1.54) is 17.9 Å². The zero-order valence-corrected chi connectivity index (χ0v) is 13.8. The molecule has 2 aromatic rings. The molecule has 0 bridgehead atoms. The fourth-order valence-corrected chi connectivity index (χ4v) is 2.15. The molecule has 0 aliphatic rings. The van der Waals surface area contributed by atoms with Gasteiger partial charge in [-0.15, -0.1) is 0 Å². The summed E-state index contributed by atoms with van der Waals surface area (Å²) in [5, 5.41) is 24.4. The molecule has 0 heterocycles. The standard InChI is InChI=1S/C16H14N4O6/c1-10(21)18(2)12-5-3-4-11(8-12)17-16(22)14-7-6-13(19(23)24)9-15(14)20(25)26/h3-9H,1-2H3,(H,17,22). The number of carbonyl (C=O) groups excluding carboxylic acids is 2. The monoisotopic (exact) mass is 358 g/mol. The zero-order chi connectivity index (χ0) is 19.4. The molecule has 134 valence electrons. The van der Waals surface area contributed by atoms with E-state index >= 15 is 0 Å². The van der Waals surface area contributed by atoms with Crippen molar-refractivity contribution in [2.24, 2.45) is 0 Å². The first-order valence-corrected chi connectivity index (χ1v) is 7.29. The molecule has 0 atom stereocenters. The van der Waals surface area contributed by atoms with Gasteiger partial charge in [0.15, 0.2) is 0 Å². The Balaban J connectivity index is 2.33. The summed E-state index contributed by atoms with van der Waals surface area (Å²) in [6.07, 6.45) is 0. The smallest absolute Gasteiger partial charge is 0.289 e. The first-order chi connectivity index (χ1) is 12.2. The van der Waals surface area contributed by atoms with Crippen LogP contribution in [0.3, 0.4) is 0 Å². The van der Waals surface area contributed by atoms with E-state index in [4.69, 9.17) is 0 Å². The summed E-state index contributed by atoms with van der Waals surface area (Å²) in [5.41, 5.74) is -0.639. The maximum absolute atomic E-state index is 12.4. The van der Waals surface area contributed by atoms with Crippen LogP contribution in [0.2, 0.25) is 0 Å². The van der Waals surface area contributed by atoms with Gasteiger partial charge in [-0.05, 0) is 24.3 Å². The van der Waals surface area contributed by atoms with Crippen LogP contribution in [0.25, 0.3) is 0 Å². The van der Waals surface area contributed by atoms with Crippen molar-refractivity contribution >= 4 is 34.6 Å². The fraction of sp³-hybridized carbons (Fsp3) is 0.125. The molecular formula is C16H14N4O6. The predicted molar refractivity (Wildman–Crippen MR) is 93.2 cm³/mol. The maximum Gasteiger partial charge on any atom is 0.289 e. The Morgan fingerprint density at radius 3 is 2.31 bits per heavy atom. The second-order valence-corrected chi connectivity index (χ2v) is 5.30. The van der Waals surface area contributed by atoms with E-state index in [2.05, 4.69) is 5.32 Å². The normalized spacial score (nSPS) is 10.1. The van der Waals surface area contributed by atoms with Crippen LogP contribution >= 0.6 is 0 Å². The van der Waals surface area contributed by atoms with Gasteiger partial charge in [0.2, 0.25) is 5.91 Å². The molecule has 0 aromatic heterocycles. The van der Waals surface area contributed by atoms with Gasteiger partial charge in [0, 0.05) is 31.4 Å². The van der Waals surface area contributed by atoms with Crippen molar-refractivity contribution in [3.63, 3.8) is 0 Å². The molecule has 0 aliphatic heterocycles. The van der Waals surface area contributed by atoms with Crippen LogP contribution in [0.15, 0.2) is 42.5 Å². The molecule has 0 radical (unpaired) electrons. The van der Waals surface area contributed by atoms with Crippen LogP contribution in [-0.4, -0.2) is 28.7 Å². The lowest BCUT2D eigenvalue weighted by atomic mass is 10.1. The first-order valence-electron chi connectivity index (χ1n) is 7.29. The molecule has 2 rings (SSSR count). The molecule has 0 aliphatic carbocycles. The summed E-state index contributed by atoms with van der Waals surface area (Å²) >= 11 is 0. The van der Waals surface area contributed by atoms with E-state index < -0.39 is 27.1 Å². The minimum absolute atomic E-state index is 0.209. The van der Waals surface area contributed by atoms with Gasteiger partial charge in [-0.3, -0.25) is 29.8 Å². The van der Waals surface area contributed by atoms with Gasteiger partial charge in [0.05, 0.1) is 15.9 Å². The summed E-state index contributed by atoms with van der Waals surface area (Å²) < 4.78 is 0. The van der Waals surface area contributed by atoms with E-state index in [0.29, 0.717) is 11.4 Å². The Morgan fingerprint density at radius 2 is 1.73 bits per heavy atom. The molecule has 2 amide bonds. The molecular weight excluding hydrogens is 344 g/mol. The highest BCUT2D eigenvalue weighted by Gasteiger charge is 2.24. The van der Waals surface area contributed by atoms with Gasteiger partial charge in [0.25, 0.3) is 17.3 Å². The molecule has 26 heavy (non-hydrogen) atoms. The average molecular weight is 358 g/mol. The lowest BCUT2D eigenvalue weighted by molar-refractivity contribution is -0.394. The Morgan fingerprint density at radius 1 is 1.04 bits per heavy atom. The zero-order valence-electron chi connectivity index (χ0n) is 13.8.